The molecule has 0 radical (unpaired) electrons. The first kappa shape index (κ1) is 16.1. The van der Waals surface area contributed by atoms with Crippen molar-refractivity contribution in [1.29, 1.82) is 0 Å². The lowest BCUT2D eigenvalue weighted by Crippen LogP contribution is -2.22. The number of rotatable bonds is 10. The van der Waals surface area contributed by atoms with Crippen LogP contribution in [0.2, 0.25) is 0 Å². The maximum absolute atomic E-state index is 11.5. The molecule has 0 rings (SSSR count). The highest BCUT2D eigenvalue weighted by atomic mass is 16.5. The highest BCUT2D eigenvalue weighted by molar-refractivity contribution is 6.13. The van der Waals surface area contributed by atoms with Crippen LogP contribution < -0.4 is 0 Å². The van der Waals surface area contributed by atoms with Gasteiger partial charge in [-0.3, -0.25) is 19.6 Å². The Morgan fingerprint density at radius 2 is 1.94 bits per heavy atom. The van der Waals surface area contributed by atoms with Crippen molar-refractivity contribution in [1.82, 2.24) is 0 Å². The van der Waals surface area contributed by atoms with Crippen LogP contribution >= 0.6 is 0 Å². The molecule has 0 N–H and O–H groups in total. The Bertz CT molecular complexity index is 313. The van der Waals surface area contributed by atoms with Crippen LogP contribution in [0.5, 0.6) is 0 Å². The summed E-state index contributed by atoms with van der Waals surface area (Å²) in [7, 11) is 0. The van der Waals surface area contributed by atoms with E-state index in [2.05, 4.69) is 9.98 Å². The van der Waals surface area contributed by atoms with E-state index in [4.69, 9.17) is 4.74 Å². The first-order valence-corrected chi connectivity index (χ1v) is 5.83. The third-order valence-electron chi connectivity index (χ3n) is 2.07. The second-order valence-corrected chi connectivity index (χ2v) is 3.39. The highest BCUT2D eigenvalue weighted by Crippen LogP contribution is 2.07. The van der Waals surface area contributed by atoms with Gasteiger partial charge in [-0.2, -0.15) is 0 Å². The molecule has 0 aliphatic heterocycles. The summed E-state index contributed by atoms with van der Waals surface area (Å²) in [5, 5.41) is 0. The zero-order valence-corrected chi connectivity index (χ0v) is 10.4. The van der Waals surface area contributed by atoms with E-state index in [1.165, 1.54) is 6.21 Å². The maximum Gasteiger partial charge on any atom is 0.330 e. The smallest absolute Gasteiger partial charge is 0.330 e. The van der Waals surface area contributed by atoms with Crippen molar-refractivity contribution in [3.8, 4) is 0 Å². The molecule has 0 fully saturated rings. The molecule has 100 valence electrons. The van der Waals surface area contributed by atoms with Crippen molar-refractivity contribution in [3.63, 3.8) is 0 Å². The van der Waals surface area contributed by atoms with E-state index in [1.54, 1.807) is 6.92 Å². The summed E-state index contributed by atoms with van der Waals surface area (Å²) in [6, 6.07) is -0.634. The molecular formula is C12H18N2O4. The largest absolute Gasteiger partial charge is 0.464 e. The predicted octanol–water partition coefficient (Wildman–Crippen LogP) is 0.628. The summed E-state index contributed by atoms with van der Waals surface area (Å²) < 4.78 is 4.85. The molecule has 0 bridgehead atoms. The van der Waals surface area contributed by atoms with Gasteiger partial charge in [0.25, 0.3) is 0 Å². The fourth-order valence-electron chi connectivity index (χ4n) is 1.29. The number of aliphatic imine (C=N–C) groups is 2. The fourth-order valence-corrected chi connectivity index (χ4v) is 1.29. The number of carbonyl (C=O) groups excluding carboxylic acids is 3. The first-order valence-electron chi connectivity index (χ1n) is 5.83. The van der Waals surface area contributed by atoms with Crippen molar-refractivity contribution in [2.24, 2.45) is 9.98 Å². The lowest BCUT2D eigenvalue weighted by Gasteiger charge is -2.10. The van der Waals surface area contributed by atoms with E-state index in [-0.39, 0.29) is 6.61 Å². The van der Waals surface area contributed by atoms with Crippen molar-refractivity contribution in [2.45, 2.75) is 32.2 Å². The zero-order valence-electron chi connectivity index (χ0n) is 10.4. The van der Waals surface area contributed by atoms with Crippen LogP contribution in [0.1, 0.15) is 26.2 Å². The highest BCUT2D eigenvalue weighted by Gasteiger charge is 2.17. The van der Waals surface area contributed by atoms with Crippen LogP contribution in [-0.4, -0.2) is 50.2 Å². The average Bonchev–Trinajstić information content (AvgIpc) is 2.37. The first-order chi connectivity index (χ1) is 8.76. The summed E-state index contributed by atoms with van der Waals surface area (Å²) in [6.07, 6.45) is 5.38. The minimum Gasteiger partial charge on any atom is -0.464 e. The van der Waals surface area contributed by atoms with Crippen molar-refractivity contribution in [3.05, 3.63) is 0 Å². The van der Waals surface area contributed by atoms with Crippen LogP contribution in [0.25, 0.3) is 0 Å². The number of esters is 1. The van der Waals surface area contributed by atoms with E-state index < -0.39 is 12.0 Å². The van der Waals surface area contributed by atoms with E-state index in [0.29, 0.717) is 25.5 Å². The Morgan fingerprint density at radius 3 is 2.56 bits per heavy atom. The molecule has 18 heavy (non-hydrogen) atoms. The molecule has 0 aliphatic rings. The van der Waals surface area contributed by atoms with Gasteiger partial charge in [-0.15, -0.1) is 0 Å². The van der Waals surface area contributed by atoms with E-state index in [0.717, 1.165) is 19.1 Å². The van der Waals surface area contributed by atoms with Crippen LogP contribution in [0.3, 0.4) is 0 Å². The quantitative estimate of drug-likeness (QED) is 0.248. The number of hydrogen-bond donors (Lipinski definition) is 0. The van der Waals surface area contributed by atoms with Gasteiger partial charge in [0.1, 0.15) is 6.04 Å². The van der Waals surface area contributed by atoms with Crippen LogP contribution in [0, 0.1) is 0 Å². The van der Waals surface area contributed by atoms with E-state index >= 15 is 0 Å². The fraction of sp³-hybridized carbons (Fsp3) is 0.583. The van der Waals surface area contributed by atoms with Crippen molar-refractivity contribution in [2.75, 3.05) is 13.2 Å². The lowest BCUT2D eigenvalue weighted by molar-refractivity contribution is -0.144. The van der Waals surface area contributed by atoms with Gasteiger partial charge in [0.15, 0.2) is 12.6 Å². The topological polar surface area (TPSA) is 85.2 Å². The Balaban J connectivity index is 4.04. The summed E-state index contributed by atoms with van der Waals surface area (Å²) in [5.74, 6) is -0.424. The molecule has 0 aliphatic carbocycles. The minimum atomic E-state index is -0.634. The van der Waals surface area contributed by atoms with Gasteiger partial charge in [0.05, 0.1) is 19.0 Å². The van der Waals surface area contributed by atoms with E-state index in [9.17, 15) is 14.4 Å². The molecule has 0 aromatic carbocycles. The summed E-state index contributed by atoms with van der Waals surface area (Å²) in [6.45, 7) is 2.54. The second-order valence-electron chi connectivity index (χ2n) is 3.39. The van der Waals surface area contributed by atoms with Gasteiger partial charge in [0.2, 0.25) is 0 Å². The monoisotopic (exact) mass is 254 g/mol. The Hall–Kier alpha value is -1.85. The second kappa shape index (κ2) is 11.6. The molecule has 6 heteroatoms. The number of carbonyl (C=O) groups is 3. The Kier molecular flexibility index (Phi) is 10.4. The third-order valence-corrected chi connectivity index (χ3v) is 2.07. The summed E-state index contributed by atoms with van der Waals surface area (Å²) in [4.78, 5) is 39.3. The molecule has 0 saturated carbocycles. The predicted molar refractivity (Wildman–Crippen MR) is 68.3 cm³/mol. The lowest BCUT2D eigenvalue weighted by atomic mass is 10.1. The molecular weight excluding hydrogens is 236 g/mol. The number of nitrogens with zero attached hydrogens (tertiary/aromatic N) is 2. The van der Waals surface area contributed by atoms with Crippen molar-refractivity contribution < 1.29 is 19.1 Å². The Labute approximate surface area is 106 Å². The normalized spacial score (nSPS) is 12.7. The number of ether oxygens (including phenoxy) is 1. The van der Waals surface area contributed by atoms with Gasteiger partial charge < -0.3 is 4.74 Å². The standard InChI is InChI=1S/C12H18N2O4/c1-2-18-12(17)11(14-8-10-16)5-3-4-6-13-7-9-15/h7-11H,2-6H2,1H3/t11-/m0/s1. The molecule has 0 saturated heterocycles. The Morgan fingerprint density at radius 1 is 1.22 bits per heavy atom. The molecule has 0 spiro atoms. The molecule has 0 heterocycles. The van der Waals surface area contributed by atoms with Gasteiger partial charge in [-0.1, -0.05) is 0 Å². The van der Waals surface area contributed by atoms with Gasteiger partial charge in [0, 0.05) is 6.54 Å². The maximum atomic E-state index is 11.5. The van der Waals surface area contributed by atoms with Crippen molar-refractivity contribution >= 4 is 31.0 Å². The molecule has 0 unspecified atom stereocenters. The third kappa shape index (κ3) is 8.32. The molecule has 6 nitrogen and oxygen atoms in total. The zero-order chi connectivity index (χ0) is 13.6. The van der Waals surface area contributed by atoms with Crippen LogP contribution in [0.15, 0.2) is 9.98 Å². The summed E-state index contributed by atoms with van der Waals surface area (Å²) >= 11 is 0. The van der Waals surface area contributed by atoms with Crippen LogP contribution in [-0.2, 0) is 19.1 Å². The molecule has 0 aromatic heterocycles. The summed E-state index contributed by atoms with van der Waals surface area (Å²) in [5.41, 5.74) is 0. The number of unbranched alkanes of at least 4 members (excludes halogenated alkanes) is 1. The van der Waals surface area contributed by atoms with Gasteiger partial charge in [-0.25, -0.2) is 4.79 Å². The molecule has 0 aromatic rings. The van der Waals surface area contributed by atoms with E-state index in [1.807, 2.05) is 0 Å². The SMILES string of the molecule is CCOC(=O)[C@H](CCCCN=CC=O)N=CC=O. The van der Waals surface area contributed by atoms with Crippen LogP contribution in [0.4, 0.5) is 0 Å². The number of aldehydes is 2. The molecule has 0 amide bonds. The average molecular weight is 254 g/mol. The van der Waals surface area contributed by atoms with Gasteiger partial charge in [-0.05, 0) is 26.2 Å². The minimum absolute atomic E-state index is 0.287. The number of hydrogen-bond acceptors (Lipinski definition) is 6. The molecule has 1 atom stereocenters. The van der Waals surface area contributed by atoms with Gasteiger partial charge >= 0.3 is 5.97 Å².